The molecule has 0 amide bonds. The van der Waals surface area contributed by atoms with E-state index in [4.69, 9.17) is 17.3 Å². The molecule has 0 aliphatic carbocycles. The minimum absolute atomic E-state index is 0.126. The van der Waals surface area contributed by atoms with Gasteiger partial charge < -0.3 is 10.6 Å². The van der Waals surface area contributed by atoms with Crippen LogP contribution < -0.4 is 11.2 Å². The second-order valence-corrected chi connectivity index (χ2v) is 5.62. The third kappa shape index (κ3) is 3.91. The van der Waals surface area contributed by atoms with E-state index in [-0.39, 0.29) is 6.04 Å². The molecular formula is C14H23ClN4. The summed E-state index contributed by atoms with van der Waals surface area (Å²) in [4.78, 5) is 2.33. The Kier molecular flexibility index (Phi) is 5.19. The Labute approximate surface area is 120 Å². The number of likely N-dealkylation sites (N-methyl/N-ethyl adjacent to an activating group) is 1. The summed E-state index contributed by atoms with van der Waals surface area (Å²) in [5, 5.41) is 3.06. The summed E-state index contributed by atoms with van der Waals surface area (Å²) >= 11 is 6.19. The van der Waals surface area contributed by atoms with E-state index in [9.17, 15) is 0 Å². The lowest BCUT2D eigenvalue weighted by Crippen LogP contribution is -2.52. The van der Waals surface area contributed by atoms with Crippen molar-refractivity contribution in [2.75, 3.05) is 39.8 Å². The molecular weight excluding hydrogens is 260 g/mol. The van der Waals surface area contributed by atoms with E-state index in [1.807, 2.05) is 19.1 Å². The highest BCUT2D eigenvalue weighted by atomic mass is 35.5. The fourth-order valence-corrected chi connectivity index (χ4v) is 2.43. The van der Waals surface area contributed by atoms with E-state index in [2.05, 4.69) is 28.4 Å². The van der Waals surface area contributed by atoms with Crippen LogP contribution in [0.25, 0.3) is 0 Å². The fraction of sp³-hybridized carbons (Fsp3) is 0.571. The molecule has 3 N–H and O–H groups in total. The van der Waals surface area contributed by atoms with E-state index >= 15 is 0 Å². The number of hydrogen-bond donors (Lipinski definition) is 2. The van der Waals surface area contributed by atoms with Crippen molar-refractivity contribution in [2.45, 2.75) is 13.0 Å². The summed E-state index contributed by atoms with van der Waals surface area (Å²) < 4.78 is 0. The average molecular weight is 283 g/mol. The summed E-state index contributed by atoms with van der Waals surface area (Å²) in [5.41, 5.74) is 11.7. The minimum atomic E-state index is 0.126. The molecule has 4 nitrogen and oxygen atoms in total. The van der Waals surface area contributed by atoms with Gasteiger partial charge >= 0.3 is 0 Å². The Morgan fingerprint density at radius 2 is 2.00 bits per heavy atom. The number of hydrogen-bond acceptors (Lipinski definition) is 4. The fourth-order valence-electron chi connectivity index (χ4n) is 2.25. The molecule has 106 valence electrons. The molecule has 1 saturated heterocycles. The second kappa shape index (κ2) is 6.68. The smallest absolute Gasteiger partial charge is 0.0587 e. The van der Waals surface area contributed by atoms with E-state index in [1.165, 1.54) is 0 Å². The molecule has 5 heteroatoms. The van der Waals surface area contributed by atoms with Crippen molar-refractivity contribution < 1.29 is 0 Å². The molecule has 1 aromatic carbocycles. The van der Waals surface area contributed by atoms with Gasteiger partial charge in [0.1, 0.15) is 0 Å². The SMILES string of the molecule is Cc1ccc(C(CN)NN2CCN(C)CC2)cc1Cl. The number of halogens is 1. The summed E-state index contributed by atoms with van der Waals surface area (Å²) in [6, 6.07) is 6.28. The first kappa shape index (κ1) is 14.8. The number of hydrazine groups is 1. The maximum Gasteiger partial charge on any atom is 0.0587 e. The van der Waals surface area contributed by atoms with Crippen molar-refractivity contribution in [3.05, 3.63) is 34.3 Å². The van der Waals surface area contributed by atoms with E-state index in [1.54, 1.807) is 0 Å². The molecule has 1 fully saturated rings. The normalized spacial score (nSPS) is 19.6. The van der Waals surface area contributed by atoms with Crippen LogP contribution in [-0.2, 0) is 0 Å². The highest BCUT2D eigenvalue weighted by Crippen LogP contribution is 2.21. The summed E-state index contributed by atoms with van der Waals surface area (Å²) in [6.07, 6.45) is 0. The van der Waals surface area contributed by atoms with Crippen LogP contribution in [0.4, 0.5) is 0 Å². The molecule has 1 aromatic rings. The average Bonchev–Trinajstić information content (AvgIpc) is 2.41. The zero-order chi connectivity index (χ0) is 13.8. The topological polar surface area (TPSA) is 44.5 Å². The van der Waals surface area contributed by atoms with Gasteiger partial charge in [0.2, 0.25) is 0 Å². The molecule has 1 unspecified atom stereocenters. The van der Waals surface area contributed by atoms with Gasteiger partial charge in [-0.1, -0.05) is 23.7 Å². The van der Waals surface area contributed by atoms with Crippen molar-refractivity contribution in [3.8, 4) is 0 Å². The summed E-state index contributed by atoms with van der Waals surface area (Å²) in [7, 11) is 2.15. The van der Waals surface area contributed by atoms with Crippen molar-refractivity contribution in [1.82, 2.24) is 15.3 Å². The number of rotatable bonds is 4. The maximum atomic E-state index is 6.19. The number of aryl methyl sites for hydroxylation is 1. The molecule has 1 aliphatic rings. The molecule has 2 rings (SSSR count). The van der Waals surface area contributed by atoms with Crippen LogP contribution in [0.1, 0.15) is 17.2 Å². The van der Waals surface area contributed by atoms with Crippen LogP contribution in [0.2, 0.25) is 5.02 Å². The molecule has 0 aromatic heterocycles. The Morgan fingerprint density at radius 3 is 2.58 bits per heavy atom. The van der Waals surface area contributed by atoms with Crippen LogP contribution in [0.15, 0.2) is 18.2 Å². The first-order chi connectivity index (χ1) is 9.10. The van der Waals surface area contributed by atoms with Gasteiger partial charge in [-0.15, -0.1) is 0 Å². The third-order valence-corrected chi connectivity index (χ3v) is 4.08. The first-order valence-electron chi connectivity index (χ1n) is 6.76. The molecule has 0 spiro atoms. The zero-order valence-corrected chi connectivity index (χ0v) is 12.5. The molecule has 1 atom stereocenters. The quantitative estimate of drug-likeness (QED) is 0.876. The monoisotopic (exact) mass is 282 g/mol. The van der Waals surface area contributed by atoms with Gasteiger partial charge in [-0.05, 0) is 31.2 Å². The van der Waals surface area contributed by atoms with Crippen LogP contribution in [-0.4, -0.2) is 49.7 Å². The Balaban J connectivity index is 2.01. The largest absolute Gasteiger partial charge is 0.329 e. The Morgan fingerprint density at radius 1 is 1.32 bits per heavy atom. The summed E-state index contributed by atoms with van der Waals surface area (Å²) in [5.74, 6) is 0. The lowest BCUT2D eigenvalue weighted by molar-refractivity contribution is 0.0880. The first-order valence-corrected chi connectivity index (χ1v) is 7.13. The second-order valence-electron chi connectivity index (χ2n) is 5.22. The van der Waals surface area contributed by atoms with E-state index in [0.717, 1.165) is 42.3 Å². The molecule has 19 heavy (non-hydrogen) atoms. The van der Waals surface area contributed by atoms with Gasteiger partial charge in [-0.3, -0.25) is 0 Å². The highest BCUT2D eigenvalue weighted by molar-refractivity contribution is 6.31. The minimum Gasteiger partial charge on any atom is -0.329 e. The van der Waals surface area contributed by atoms with Crippen LogP contribution in [0, 0.1) is 6.92 Å². The predicted molar refractivity (Wildman–Crippen MR) is 80.2 cm³/mol. The molecule has 1 heterocycles. The predicted octanol–water partition coefficient (Wildman–Crippen LogP) is 1.40. The van der Waals surface area contributed by atoms with Crippen LogP contribution >= 0.6 is 11.6 Å². The lowest BCUT2D eigenvalue weighted by Gasteiger charge is -2.35. The Bertz CT molecular complexity index is 416. The van der Waals surface area contributed by atoms with Crippen molar-refractivity contribution >= 4 is 11.6 Å². The van der Waals surface area contributed by atoms with Crippen LogP contribution in [0.5, 0.6) is 0 Å². The van der Waals surface area contributed by atoms with Gasteiger partial charge in [0.15, 0.2) is 0 Å². The lowest BCUT2D eigenvalue weighted by atomic mass is 10.1. The van der Waals surface area contributed by atoms with Gasteiger partial charge in [-0.2, -0.15) is 0 Å². The number of nitrogens with zero attached hydrogens (tertiary/aromatic N) is 2. The number of benzene rings is 1. The maximum absolute atomic E-state index is 6.19. The van der Waals surface area contributed by atoms with Crippen molar-refractivity contribution in [1.29, 1.82) is 0 Å². The standard InChI is InChI=1S/C14H23ClN4/c1-11-3-4-12(9-13(11)15)14(10-16)17-19-7-5-18(2)6-8-19/h3-4,9,14,17H,5-8,10,16H2,1-2H3. The summed E-state index contributed by atoms with van der Waals surface area (Å²) in [6.45, 7) is 6.78. The van der Waals surface area contributed by atoms with Crippen LogP contribution in [0.3, 0.4) is 0 Å². The number of nitrogens with one attached hydrogen (secondary N) is 1. The van der Waals surface area contributed by atoms with Gasteiger partial charge in [-0.25, -0.2) is 10.4 Å². The van der Waals surface area contributed by atoms with Gasteiger partial charge in [0.05, 0.1) is 6.04 Å². The molecule has 0 saturated carbocycles. The highest BCUT2D eigenvalue weighted by Gasteiger charge is 2.18. The number of piperazine rings is 1. The number of nitrogens with two attached hydrogens (primary N) is 1. The molecule has 0 radical (unpaired) electrons. The zero-order valence-electron chi connectivity index (χ0n) is 11.7. The van der Waals surface area contributed by atoms with E-state index < -0.39 is 0 Å². The van der Waals surface area contributed by atoms with E-state index in [0.29, 0.717) is 6.54 Å². The third-order valence-electron chi connectivity index (χ3n) is 3.68. The molecule has 1 aliphatic heterocycles. The van der Waals surface area contributed by atoms with Crippen molar-refractivity contribution in [3.63, 3.8) is 0 Å². The van der Waals surface area contributed by atoms with Gasteiger partial charge in [0.25, 0.3) is 0 Å². The molecule has 0 bridgehead atoms. The Hall–Kier alpha value is -0.650. The van der Waals surface area contributed by atoms with Crippen molar-refractivity contribution in [2.24, 2.45) is 5.73 Å². The van der Waals surface area contributed by atoms with Gasteiger partial charge in [0, 0.05) is 37.7 Å².